The van der Waals surface area contributed by atoms with E-state index in [4.69, 9.17) is 28.5 Å². The predicted molar refractivity (Wildman–Crippen MR) is 74.8 cm³/mol. The van der Waals surface area contributed by atoms with Gasteiger partial charge in [0.15, 0.2) is 0 Å². The van der Waals surface area contributed by atoms with E-state index in [-0.39, 0.29) is 18.0 Å². The van der Waals surface area contributed by atoms with Crippen LogP contribution in [0.25, 0.3) is 0 Å². The Labute approximate surface area is 118 Å². The van der Waals surface area contributed by atoms with Crippen LogP contribution in [0.5, 0.6) is 0 Å². The number of nitrogens with zero attached hydrogens (tertiary/aromatic N) is 1. The van der Waals surface area contributed by atoms with Crippen LogP contribution in [0.1, 0.15) is 37.8 Å². The van der Waals surface area contributed by atoms with Gasteiger partial charge in [0.25, 0.3) is 0 Å². The lowest BCUT2D eigenvalue weighted by atomic mass is 10.0. The molecule has 1 saturated carbocycles. The Bertz CT molecular complexity index is 467. The van der Waals surface area contributed by atoms with Gasteiger partial charge in [-0.3, -0.25) is 0 Å². The molecule has 0 spiro atoms. The van der Waals surface area contributed by atoms with Crippen LogP contribution in [0.2, 0.25) is 10.0 Å². The van der Waals surface area contributed by atoms with E-state index in [0.29, 0.717) is 10.0 Å². The van der Waals surface area contributed by atoms with Crippen LogP contribution in [-0.4, -0.2) is 6.04 Å². The highest BCUT2D eigenvalue weighted by molar-refractivity contribution is 6.33. The zero-order valence-electron chi connectivity index (χ0n) is 10.3. The molecule has 1 aliphatic carbocycles. The Hall–Kier alpha value is -0.750. The van der Waals surface area contributed by atoms with Crippen molar-refractivity contribution < 1.29 is 0 Å². The highest BCUT2D eigenvalue weighted by Gasteiger charge is 2.28. The highest BCUT2D eigenvalue weighted by Crippen LogP contribution is 2.30. The molecular formula is C14H16Cl2N2. The lowest BCUT2D eigenvalue weighted by Gasteiger charge is -2.22. The van der Waals surface area contributed by atoms with Gasteiger partial charge in [0, 0.05) is 22.1 Å². The Kier molecular flexibility index (Phi) is 4.50. The predicted octanol–water partition coefficient (Wildman–Crippen LogP) is 4.34. The quantitative estimate of drug-likeness (QED) is 0.895. The third-order valence-electron chi connectivity index (χ3n) is 3.57. The topological polar surface area (TPSA) is 35.8 Å². The summed E-state index contributed by atoms with van der Waals surface area (Å²) in [5.74, 6) is 0.116. The van der Waals surface area contributed by atoms with Crippen molar-refractivity contribution in [3.63, 3.8) is 0 Å². The first-order valence-corrected chi connectivity index (χ1v) is 6.98. The van der Waals surface area contributed by atoms with Crippen molar-refractivity contribution in [2.24, 2.45) is 5.92 Å². The van der Waals surface area contributed by atoms with Crippen LogP contribution in [0.15, 0.2) is 18.2 Å². The van der Waals surface area contributed by atoms with E-state index in [0.717, 1.165) is 24.8 Å². The number of hydrogen-bond acceptors (Lipinski definition) is 2. The molecule has 1 aromatic rings. The zero-order chi connectivity index (χ0) is 13.1. The van der Waals surface area contributed by atoms with E-state index in [9.17, 15) is 0 Å². The number of nitriles is 1. The standard InChI is InChI=1S/C14H16Cl2N2/c1-9(12-7-11(15)5-6-13(12)16)18-14-4-2-3-10(14)8-17/h5-7,9-10,14,18H,2-4H2,1H3. The van der Waals surface area contributed by atoms with Gasteiger partial charge in [0.05, 0.1) is 12.0 Å². The minimum atomic E-state index is 0.107. The molecule has 3 unspecified atom stereocenters. The maximum absolute atomic E-state index is 9.08. The molecule has 0 radical (unpaired) electrons. The summed E-state index contributed by atoms with van der Waals surface area (Å²) in [5.41, 5.74) is 0.993. The summed E-state index contributed by atoms with van der Waals surface area (Å²) < 4.78 is 0. The van der Waals surface area contributed by atoms with Crippen molar-refractivity contribution in [1.82, 2.24) is 5.32 Å². The first-order chi connectivity index (χ1) is 8.61. The number of rotatable bonds is 3. The molecule has 1 aliphatic rings. The molecule has 96 valence electrons. The van der Waals surface area contributed by atoms with E-state index in [1.165, 1.54) is 0 Å². The third-order valence-corrected chi connectivity index (χ3v) is 4.15. The van der Waals surface area contributed by atoms with Crippen molar-refractivity contribution in [2.75, 3.05) is 0 Å². The van der Waals surface area contributed by atoms with Gasteiger partial charge in [-0.1, -0.05) is 29.6 Å². The summed E-state index contributed by atoms with van der Waals surface area (Å²) in [5, 5.41) is 14.0. The van der Waals surface area contributed by atoms with Crippen LogP contribution in [0, 0.1) is 17.2 Å². The van der Waals surface area contributed by atoms with E-state index in [2.05, 4.69) is 18.3 Å². The van der Waals surface area contributed by atoms with Crippen molar-refractivity contribution in [2.45, 2.75) is 38.3 Å². The van der Waals surface area contributed by atoms with Gasteiger partial charge in [-0.15, -0.1) is 0 Å². The van der Waals surface area contributed by atoms with Crippen molar-refractivity contribution in [1.29, 1.82) is 5.26 Å². The minimum absolute atomic E-state index is 0.107. The molecular weight excluding hydrogens is 267 g/mol. The number of nitrogens with one attached hydrogen (secondary N) is 1. The number of halogens is 2. The molecule has 0 aromatic heterocycles. The Morgan fingerprint density at radius 2 is 2.17 bits per heavy atom. The second kappa shape index (κ2) is 5.93. The van der Waals surface area contributed by atoms with Crippen LogP contribution in [0.4, 0.5) is 0 Å². The summed E-state index contributed by atoms with van der Waals surface area (Å²) in [6, 6.07) is 8.23. The molecule has 0 aliphatic heterocycles. The molecule has 0 amide bonds. The summed E-state index contributed by atoms with van der Waals surface area (Å²) in [6.45, 7) is 2.06. The van der Waals surface area contributed by atoms with Crippen molar-refractivity contribution in [3.05, 3.63) is 33.8 Å². The zero-order valence-corrected chi connectivity index (χ0v) is 11.8. The summed E-state index contributed by atoms with van der Waals surface area (Å²) in [6.07, 6.45) is 3.16. The molecule has 0 saturated heterocycles. The maximum atomic E-state index is 9.08. The summed E-state index contributed by atoms with van der Waals surface area (Å²) in [7, 11) is 0. The fourth-order valence-electron chi connectivity index (χ4n) is 2.57. The molecule has 3 atom stereocenters. The summed E-state index contributed by atoms with van der Waals surface area (Å²) in [4.78, 5) is 0. The molecule has 2 rings (SSSR count). The van der Waals surface area contributed by atoms with Crippen molar-refractivity contribution in [3.8, 4) is 6.07 Å². The number of benzene rings is 1. The molecule has 1 N–H and O–H groups in total. The molecule has 1 fully saturated rings. The van der Waals surface area contributed by atoms with Crippen LogP contribution < -0.4 is 5.32 Å². The van der Waals surface area contributed by atoms with Gasteiger partial charge in [-0.2, -0.15) is 5.26 Å². The van der Waals surface area contributed by atoms with Crippen LogP contribution in [-0.2, 0) is 0 Å². The molecule has 1 aromatic carbocycles. The van der Waals surface area contributed by atoms with Gasteiger partial charge in [0.2, 0.25) is 0 Å². The van der Waals surface area contributed by atoms with Gasteiger partial charge >= 0.3 is 0 Å². The molecule has 18 heavy (non-hydrogen) atoms. The molecule has 0 bridgehead atoms. The Morgan fingerprint density at radius 1 is 1.39 bits per heavy atom. The highest BCUT2D eigenvalue weighted by atomic mass is 35.5. The van der Waals surface area contributed by atoms with E-state index in [1.54, 1.807) is 6.07 Å². The van der Waals surface area contributed by atoms with Crippen LogP contribution >= 0.6 is 23.2 Å². The third kappa shape index (κ3) is 2.98. The van der Waals surface area contributed by atoms with Gasteiger partial charge in [-0.05, 0) is 43.5 Å². The summed E-state index contributed by atoms with van der Waals surface area (Å²) >= 11 is 12.2. The molecule has 0 heterocycles. The fraction of sp³-hybridized carbons (Fsp3) is 0.500. The fourth-order valence-corrected chi connectivity index (χ4v) is 3.03. The maximum Gasteiger partial charge on any atom is 0.0672 e. The average molecular weight is 283 g/mol. The first-order valence-electron chi connectivity index (χ1n) is 6.22. The van der Waals surface area contributed by atoms with Gasteiger partial charge < -0.3 is 5.32 Å². The Morgan fingerprint density at radius 3 is 2.89 bits per heavy atom. The molecule has 4 heteroatoms. The van der Waals surface area contributed by atoms with E-state index >= 15 is 0 Å². The first kappa shape index (κ1) is 13.7. The second-order valence-corrected chi connectivity index (χ2v) is 5.67. The van der Waals surface area contributed by atoms with Crippen molar-refractivity contribution >= 4 is 23.2 Å². The number of hydrogen-bond donors (Lipinski definition) is 1. The smallest absolute Gasteiger partial charge is 0.0672 e. The van der Waals surface area contributed by atoms with E-state index < -0.39 is 0 Å². The largest absolute Gasteiger partial charge is 0.306 e. The molecule has 2 nitrogen and oxygen atoms in total. The lowest BCUT2D eigenvalue weighted by Crippen LogP contribution is -2.34. The van der Waals surface area contributed by atoms with Gasteiger partial charge in [-0.25, -0.2) is 0 Å². The minimum Gasteiger partial charge on any atom is -0.306 e. The SMILES string of the molecule is CC(NC1CCCC1C#N)c1cc(Cl)ccc1Cl. The van der Waals surface area contributed by atoms with Crippen LogP contribution in [0.3, 0.4) is 0 Å². The lowest BCUT2D eigenvalue weighted by molar-refractivity contribution is 0.417. The monoisotopic (exact) mass is 282 g/mol. The second-order valence-electron chi connectivity index (χ2n) is 4.83. The normalized spacial score (nSPS) is 24.8. The van der Waals surface area contributed by atoms with E-state index in [1.807, 2.05) is 12.1 Å². The average Bonchev–Trinajstić information content (AvgIpc) is 2.79. The Balaban J connectivity index is 2.10. The van der Waals surface area contributed by atoms with Gasteiger partial charge in [0.1, 0.15) is 0 Å².